The molecule has 36 heavy (non-hydrogen) atoms. The quantitative estimate of drug-likeness (QED) is 0.439. The lowest BCUT2D eigenvalue weighted by molar-refractivity contribution is 0.0600. The zero-order chi connectivity index (χ0) is 24.8. The average molecular weight is 495 g/mol. The highest BCUT2D eigenvalue weighted by molar-refractivity contribution is 7.07. The number of carbonyl (C=O) groups excluding carboxylic acids is 1. The van der Waals surface area contributed by atoms with Crippen LogP contribution in [0, 0.1) is 0 Å². The maximum Gasteiger partial charge on any atom is 0.337 e. The first-order valence-electron chi connectivity index (χ1n) is 11.6. The minimum atomic E-state index is -0.403. The van der Waals surface area contributed by atoms with Crippen molar-refractivity contribution in [1.29, 1.82) is 0 Å². The summed E-state index contributed by atoms with van der Waals surface area (Å²) in [4.78, 5) is 31.4. The van der Waals surface area contributed by atoms with Gasteiger partial charge in [-0.25, -0.2) is 9.79 Å². The van der Waals surface area contributed by atoms with E-state index in [0.29, 0.717) is 20.5 Å². The van der Waals surface area contributed by atoms with Gasteiger partial charge in [0.1, 0.15) is 5.75 Å². The monoisotopic (exact) mass is 494 g/mol. The molecule has 1 N–H and O–H groups in total. The number of esters is 1. The molecule has 3 aromatic carbocycles. The van der Waals surface area contributed by atoms with Crippen LogP contribution in [0.15, 0.2) is 88.2 Å². The number of aryl methyl sites for hydroxylation is 1. The molecule has 2 aliphatic rings. The predicted octanol–water partition coefficient (Wildman–Crippen LogP) is 3.81. The summed E-state index contributed by atoms with van der Waals surface area (Å²) in [6.07, 6.45) is 3.36. The van der Waals surface area contributed by atoms with E-state index < -0.39 is 5.97 Å². The number of hydrogen-bond acceptors (Lipinski definition) is 6. The molecule has 0 amide bonds. The molecule has 1 aliphatic carbocycles. The zero-order valence-corrected chi connectivity index (χ0v) is 20.3. The molecule has 0 spiro atoms. The molecule has 178 valence electrons. The molecule has 0 fully saturated rings. The fourth-order valence-electron chi connectivity index (χ4n) is 4.99. The summed E-state index contributed by atoms with van der Waals surface area (Å²) in [5.74, 6) is -0.286. The van der Waals surface area contributed by atoms with Gasteiger partial charge in [0.15, 0.2) is 4.80 Å². The number of carbonyl (C=O) groups is 1. The third-order valence-corrected chi connectivity index (χ3v) is 7.73. The maximum absolute atomic E-state index is 13.8. The van der Waals surface area contributed by atoms with Crippen LogP contribution < -0.4 is 14.9 Å². The number of phenols is 1. The van der Waals surface area contributed by atoms with Crippen molar-refractivity contribution in [2.75, 3.05) is 7.11 Å². The van der Waals surface area contributed by atoms with Gasteiger partial charge in [-0.15, -0.1) is 0 Å². The molecule has 1 atom stereocenters. The first-order valence-corrected chi connectivity index (χ1v) is 12.5. The van der Waals surface area contributed by atoms with Crippen LogP contribution >= 0.6 is 11.3 Å². The molecule has 0 bridgehead atoms. The van der Waals surface area contributed by atoms with Crippen molar-refractivity contribution < 1.29 is 14.6 Å². The van der Waals surface area contributed by atoms with E-state index in [0.717, 1.165) is 35.2 Å². The van der Waals surface area contributed by atoms with Gasteiger partial charge in [-0.3, -0.25) is 9.36 Å². The molecule has 2 heterocycles. The highest BCUT2D eigenvalue weighted by atomic mass is 32.1. The van der Waals surface area contributed by atoms with E-state index in [1.807, 2.05) is 30.3 Å². The molecule has 1 aromatic heterocycles. The molecular weight excluding hydrogens is 472 g/mol. The fraction of sp³-hybridized carbons (Fsp3) is 0.138. The number of hydrogen-bond donors (Lipinski definition) is 1. The van der Waals surface area contributed by atoms with E-state index in [4.69, 9.17) is 9.73 Å². The highest BCUT2D eigenvalue weighted by Gasteiger charge is 2.32. The second-order valence-electron chi connectivity index (χ2n) is 8.79. The van der Waals surface area contributed by atoms with Crippen LogP contribution in [0.3, 0.4) is 0 Å². The number of para-hydroxylation sites is 1. The number of nitrogens with zero attached hydrogens (tertiary/aromatic N) is 2. The molecule has 6 rings (SSSR count). The summed E-state index contributed by atoms with van der Waals surface area (Å²) in [6.45, 7) is 0. The number of methoxy groups -OCH3 is 1. The summed E-state index contributed by atoms with van der Waals surface area (Å²) >= 11 is 1.31. The summed E-state index contributed by atoms with van der Waals surface area (Å²) < 4.78 is 7.10. The van der Waals surface area contributed by atoms with Gasteiger partial charge in [0.2, 0.25) is 0 Å². The van der Waals surface area contributed by atoms with Crippen molar-refractivity contribution in [2.24, 2.45) is 4.99 Å². The molecule has 1 aliphatic heterocycles. The topological polar surface area (TPSA) is 80.9 Å². The molecule has 0 radical (unpaired) electrons. The highest BCUT2D eigenvalue weighted by Crippen LogP contribution is 2.41. The number of benzene rings is 3. The minimum absolute atomic E-state index is 0.117. The van der Waals surface area contributed by atoms with Gasteiger partial charge in [0, 0.05) is 11.1 Å². The van der Waals surface area contributed by atoms with Gasteiger partial charge < -0.3 is 9.84 Å². The van der Waals surface area contributed by atoms with Gasteiger partial charge in [0.25, 0.3) is 5.56 Å². The first kappa shape index (κ1) is 22.2. The number of fused-ring (bicyclic) bond motifs is 3. The van der Waals surface area contributed by atoms with Crippen molar-refractivity contribution in [1.82, 2.24) is 4.57 Å². The van der Waals surface area contributed by atoms with Crippen LogP contribution in [-0.4, -0.2) is 22.8 Å². The Balaban J connectivity index is 1.60. The normalized spacial score (nSPS) is 16.6. The molecule has 4 aromatic rings. The van der Waals surface area contributed by atoms with E-state index >= 15 is 0 Å². The van der Waals surface area contributed by atoms with Gasteiger partial charge in [-0.05, 0) is 53.8 Å². The van der Waals surface area contributed by atoms with E-state index in [1.165, 1.54) is 24.0 Å². The summed E-state index contributed by atoms with van der Waals surface area (Å²) in [6, 6.07) is 22.1. The maximum atomic E-state index is 13.8. The number of allylic oxidation sites excluding steroid dienone is 1. The van der Waals surface area contributed by atoms with Crippen LogP contribution in [0.1, 0.15) is 45.1 Å². The first-order chi connectivity index (χ1) is 17.5. The molecular formula is C29H22N2O4S. The van der Waals surface area contributed by atoms with Crippen molar-refractivity contribution in [3.05, 3.63) is 126 Å². The summed E-state index contributed by atoms with van der Waals surface area (Å²) in [7, 11) is 1.36. The third kappa shape index (κ3) is 3.60. The SMILES string of the molecule is COC(=O)c1ccc([C@@H]2C3=C(N=c4s/c(=C\c5ccccc5O)c(=O)n42)c2ccccc2CC3)cc1. The number of rotatable bonds is 3. The van der Waals surface area contributed by atoms with Gasteiger partial charge in [0.05, 0.1) is 28.9 Å². The molecule has 7 heteroatoms. The van der Waals surface area contributed by atoms with Crippen LogP contribution in [0.4, 0.5) is 0 Å². The average Bonchev–Trinajstić information content (AvgIpc) is 3.22. The lowest BCUT2D eigenvalue weighted by Crippen LogP contribution is -2.38. The molecule has 6 nitrogen and oxygen atoms in total. The smallest absolute Gasteiger partial charge is 0.337 e. The van der Waals surface area contributed by atoms with Crippen LogP contribution in [0.5, 0.6) is 5.75 Å². The van der Waals surface area contributed by atoms with Crippen LogP contribution in [0.25, 0.3) is 11.8 Å². The molecule has 0 saturated heterocycles. The molecule has 0 saturated carbocycles. The van der Waals surface area contributed by atoms with E-state index in [9.17, 15) is 14.7 Å². The lowest BCUT2D eigenvalue weighted by Gasteiger charge is -2.30. The number of thiazole rings is 1. The summed E-state index contributed by atoms with van der Waals surface area (Å²) in [5.41, 5.74) is 6.11. The number of phenolic OH excluding ortho intramolecular Hbond substituents is 1. The Labute approximate surface area is 210 Å². The Morgan fingerprint density at radius 3 is 2.58 bits per heavy atom. The second kappa shape index (κ2) is 8.77. The number of aromatic hydroxyl groups is 1. The minimum Gasteiger partial charge on any atom is -0.507 e. The fourth-order valence-corrected chi connectivity index (χ4v) is 5.98. The lowest BCUT2D eigenvalue weighted by atomic mass is 9.83. The van der Waals surface area contributed by atoms with Crippen molar-refractivity contribution in [3.8, 4) is 5.75 Å². The predicted molar refractivity (Wildman–Crippen MR) is 139 cm³/mol. The van der Waals surface area contributed by atoms with Crippen molar-refractivity contribution >= 4 is 29.1 Å². The van der Waals surface area contributed by atoms with Crippen LogP contribution in [0.2, 0.25) is 0 Å². The standard InChI is InChI=1S/C29H22N2O4S/c1-35-28(34)19-12-10-18(11-13-19)26-22-15-14-17-6-2-4-8-21(17)25(22)30-29-31(26)27(33)24(36-29)16-20-7-3-5-9-23(20)32/h2-13,16,26,32H,14-15H2,1H3/b24-16-/t26-/m1/s1. The van der Waals surface area contributed by atoms with Crippen molar-refractivity contribution in [2.45, 2.75) is 18.9 Å². The number of ether oxygens (including phenoxy) is 1. The van der Waals surface area contributed by atoms with Gasteiger partial charge >= 0.3 is 5.97 Å². The Morgan fingerprint density at radius 2 is 1.81 bits per heavy atom. The van der Waals surface area contributed by atoms with Crippen LogP contribution in [-0.2, 0) is 11.2 Å². The largest absolute Gasteiger partial charge is 0.507 e. The summed E-state index contributed by atoms with van der Waals surface area (Å²) in [5, 5.41) is 10.3. The molecule has 0 unspecified atom stereocenters. The van der Waals surface area contributed by atoms with E-state index in [-0.39, 0.29) is 17.4 Å². The third-order valence-electron chi connectivity index (χ3n) is 6.74. The van der Waals surface area contributed by atoms with Gasteiger partial charge in [-0.2, -0.15) is 0 Å². The Bertz CT molecular complexity index is 1730. The van der Waals surface area contributed by atoms with Crippen molar-refractivity contribution in [3.63, 3.8) is 0 Å². The Morgan fingerprint density at radius 1 is 1.06 bits per heavy atom. The number of aromatic nitrogens is 1. The van der Waals surface area contributed by atoms with Gasteiger partial charge in [-0.1, -0.05) is 65.9 Å². The Hall–Kier alpha value is -4.23. The van der Waals surface area contributed by atoms with E-state index in [1.54, 1.807) is 41.0 Å². The van der Waals surface area contributed by atoms with E-state index in [2.05, 4.69) is 12.1 Å². The Kier molecular flexibility index (Phi) is 5.42. The second-order valence-corrected chi connectivity index (χ2v) is 9.80. The zero-order valence-electron chi connectivity index (χ0n) is 19.5.